The molecule has 0 saturated carbocycles. The molecule has 6 rings (SSSR count). The predicted octanol–water partition coefficient (Wildman–Crippen LogP) is 5.09. The Morgan fingerprint density at radius 3 is 2.49 bits per heavy atom. The average molecular weight is 526 g/mol. The smallest absolute Gasteiger partial charge is 0.228 e. The zero-order chi connectivity index (χ0) is 27.7. The van der Waals surface area contributed by atoms with Crippen LogP contribution in [0.15, 0.2) is 36.4 Å². The normalized spacial score (nSPS) is 21.2. The first-order valence-corrected chi connectivity index (χ1v) is 13.1. The van der Waals surface area contributed by atoms with Gasteiger partial charge in [0.2, 0.25) is 23.6 Å². The summed E-state index contributed by atoms with van der Waals surface area (Å²) >= 11 is 0. The first kappa shape index (κ1) is 25.0. The Morgan fingerprint density at radius 1 is 1.05 bits per heavy atom. The lowest BCUT2D eigenvalue weighted by Gasteiger charge is -2.26. The number of hydrogen-bond donors (Lipinski definition) is 2. The zero-order valence-electron chi connectivity index (χ0n) is 22.7. The molecule has 0 radical (unpaired) electrons. The van der Waals surface area contributed by atoms with Gasteiger partial charge in [-0.15, -0.1) is 0 Å². The fourth-order valence-electron chi connectivity index (χ4n) is 6.15. The molecule has 0 aliphatic carbocycles. The van der Waals surface area contributed by atoms with Crippen LogP contribution in [0.4, 0.5) is 5.95 Å². The molecule has 9 nitrogen and oxygen atoms in total. The molecule has 1 fully saturated rings. The third-order valence-electron chi connectivity index (χ3n) is 8.27. The highest BCUT2D eigenvalue weighted by molar-refractivity contribution is 5.95. The third kappa shape index (κ3) is 3.55. The maximum atomic E-state index is 11.7. The van der Waals surface area contributed by atoms with E-state index in [0.29, 0.717) is 60.1 Å². The summed E-state index contributed by atoms with van der Waals surface area (Å²) in [4.78, 5) is 10.9. The van der Waals surface area contributed by atoms with Crippen molar-refractivity contribution < 1.29 is 19.7 Å². The quantitative estimate of drug-likeness (QED) is 0.358. The molecule has 2 bridgehead atoms. The second-order valence-corrected chi connectivity index (χ2v) is 10.9. The van der Waals surface area contributed by atoms with Gasteiger partial charge in [0.1, 0.15) is 5.60 Å². The van der Waals surface area contributed by atoms with E-state index >= 15 is 0 Å². The van der Waals surface area contributed by atoms with Crippen molar-refractivity contribution in [1.29, 1.82) is 5.26 Å². The molecule has 1 saturated heterocycles. The average Bonchev–Trinajstić information content (AvgIpc) is 3.50. The number of aryl methyl sites for hydroxylation is 1. The van der Waals surface area contributed by atoms with E-state index in [-0.39, 0.29) is 11.8 Å². The molecule has 2 atom stereocenters. The van der Waals surface area contributed by atoms with Crippen molar-refractivity contribution in [3.63, 3.8) is 0 Å². The van der Waals surface area contributed by atoms with Gasteiger partial charge >= 0.3 is 0 Å². The SMILES string of the molecule is Cc1nc(N(C)C)nc(OCC[C@@]23CC[C@@](C)(O2)c2c3c(O)n(-c3ccc(C#N)c4ccccc34)c2O)c1C. The number of anilines is 1. The fourth-order valence-corrected chi connectivity index (χ4v) is 6.15. The highest BCUT2D eigenvalue weighted by Crippen LogP contribution is 2.65. The Bertz CT molecular complexity index is 1690. The maximum absolute atomic E-state index is 11.7. The highest BCUT2D eigenvalue weighted by Gasteiger charge is 2.61. The minimum Gasteiger partial charge on any atom is -0.494 e. The number of aromatic nitrogens is 3. The molecular formula is C30H31N5O4. The van der Waals surface area contributed by atoms with E-state index in [1.54, 1.807) is 12.1 Å². The number of nitriles is 1. The van der Waals surface area contributed by atoms with Crippen LogP contribution in [0.25, 0.3) is 16.5 Å². The van der Waals surface area contributed by atoms with Crippen molar-refractivity contribution in [3.05, 3.63) is 64.3 Å². The molecule has 0 unspecified atom stereocenters. The van der Waals surface area contributed by atoms with Gasteiger partial charge in [-0.3, -0.25) is 4.57 Å². The van der Waals surface area contributed by atoms with Crippen LogP contribution in [0.3, 0.4) is 0 Å². The Labute approximate surface area is 226 Å². The standard InChI is InChI=1S/C30H31N5O4/c1-17-18(2)32-28(34(4)5)33-25(17)38-15-14-30-13-12-29(3,39-30)23-24(30)27(37)35(26(23)36)22-11-10-19(16-31)20-8-6-7-9-21(20)22/h6-11,36-37H,12-15H2,1-5H3/t29-,30-/m1/s1. The summed E-state index contributed by atoms with van der Waals surface area (Å²) in [7, 11) is 3.77. The lowest BCUT2D eigenvalue weighted by atomic mass is 9.78. The molecule has 2 aromatic heterocycles. The van der Waals surface area contributed by atoms with E-state index in [1.165, 1.54) is 4.57 Å². The Kier molecular flexibility index (Phi) is 5.52. The van der Waals surface area contributed by atoms with Gasteiger partial charge in [0.25, 0.3) is 0 Å². The highest BCUT2D eigenvalue weighted by atomic mass is 16.5. The molecule has 2 aliphatic rings. The largest absolute Gasteiger partial charge is 0.494 e. The van der Waals surface area contributed by atoms with E-state index in [9.17, 15) is 15.5 Å². The molecular weight excluding hydrogens is 494 g/mol. The van der Waals surface area contributed by atoms with Crippen LogP contribution in [-0.2, 0) is 15.9 Å². The van der Waals surface area contributed by atoms with Crippen molar-refractivity contribution in [2.45, 2.75) is 51.2 Å². The minimum atomic E-state index is -0.806. The number of nitrogens with zero attached hydrogens (tertiary/aromatic N) is 5. The topological polar surface area (TPSA) is 117 Å². The summed E-state index contributed by atoms with van der Waals surface area (Å²) in [5, 5.41) is 34.3. The number of benzene rings is 2. The van der Waals surface area contributed by atoms with Crippen LogP contribution < -0.4 is 9.64 Å². The Morgan fingerprint density at radius 2 is 1.77 bits per heavy atom. The van der Waals surface area contributed by atoms with Crippen molar-refractivity contribution in [1.82, 2.24) is 14.5 Å². The summed E-state index contributed by atoms with van der Waals surface area (Å²) in [6.07, 6.45) is 1.87. The lowest BCUT2D eigenvalue weighted by Crippen LogP contribution is -2.26. The van der Waals surface area contributed by atoms with Gasteiger partial charge < -0.3 is 24.6 Å². The van der Waals surface area contributed by atoms with E-state index in [2.05, 4.69) is 16.0 Å². The van der Waals surface area contributed by atoms with E-state index in [4.69, 9.17) is 9.47 Å². The Hall–Kier alpha value is -4.29. The van der Waals surface area contributed by atoms with E-state index in [1.807, 2.05) is 64.0 Å². The van der Waals surface area contributed by atoms with Gasteiger partial charge in [0, 0.05) is 42.5 Å². The first-order chi connectivity index (χ1) is 18.6. The monoisotopic (exact) mass is 525 g/mol. The van der Waals surface area contributed by atoms with Crippen molar-refractivity contribution in [2.75, 3.05) is 25.6 Å². The van der Waals surface area contributed by atoms with Crippen LogP contribution >= 0.6 is 0 Å². The molecule has 39 heavy (non-hydrogen) atoms. The molecule has 4 aromatic rings. The minimum absolute atomic E-state index is 0.0414. The van der Waals surface area contributed by atoms with Gasteiger partial charge in [-0.2, -0.15) is 10.2 Å². The predicted molar refractivity (Wildman–Crippen MR) is 147 cm³/mol. The fraction of sp³-hybridized carbons (Fsp3) is 0.367. The molecule has 9 heteroatoms. The zero-order valence-corrected chi connectivity index (χ0v) is 22.7. The number of aromatic hydroxyl groups is 2. The molecule has 4 heterocycles. The number of hydrogen-bond acceptors (Lipinski definition) is 8. The maximum Gasteiger partial charge on any atom is 0.228 e. The third-order valence-corrected chi connectivity index (χ3v) is 8.27. The molecule has 0 spiro atoms. The van der Waals surface area contributed by atoms with Crippen molar-refractivity contribution in [2.24, 2.45) is 0 Å². The summed E-state index contributed by atoms with van der Waals surface area (Å²) in [5.41, 5.74) is 2.55. The van der Waals surface area contributed by atoms with Crippen molar-refractivity contribution in [3.8, 4) is 29.4 Å². The van der Waals surface area contributed by atoms with Gasteiger partial charge in [0.15, 0.2) is 0 Å². The Balaban J connectivity index is 1.39. The van der Waals surface area contributed by atoms with Gasteiger partial charge in [-0.25, -0.2) is 4.98 Å². The lowest BCUT2D eigenvalue weighted by molar-refractivity contribution is -0.0877. The number of fused-ring (bicyclic) bond motifs is 6. The summed E-state index contributed by atoms with van der Waals surface area (Å²) in [6.45, 7) is 6.14. The summed E-state index contributed by atoms with van der Waals surface area (Å²) < 4.78 is 14.2. The van der Waals surface area contributed by atoms with E-state index < -0.39 is 11.2 Å². The molecule has 2 aliphatic heterocycles. The van der Waals surface area contributed by atoms with E-state index in [0.717, 1.165) is 22.0 Å². The molecule has 2 N–H and O–H groups in total. The van der Waals surface area contributed by atoms with Crippen LogP contribution in [0.1, 0.15) is 54.1 Å². The molecule has 2 aromatic carbocycles. The second-order valence-electron chi connectivity index (χ2n) is 10.9. The molecule has 200 valence electrons. The van der Waals surface area contributed by atoms with Crippen LogP contribution in [-0.4, -0.2) is 45.5 Å². The first-order valence-electron chi connectivity index (χ1n) is 13.1. The van der Waals surface area contributed by atoms with Crippen LogP contribution in [0.2, 0.25) is 0 Å². The van der Waals surface area contributed by atoms with Gasteiger partial charge in [0.05, 0.1) is 40.7 Å². The molecule has 0 amide bonds. The van der Waals surface area contributed by atoms with Crippen LogP contribution in [0.5, 0.6) is 17.6 Å². The van der Waals surface area contributed by atoms with Crippen molar-refractivity contribution >= 4 is 16.7 Å². The van der Waals surface area contributed by atoms with Gasteiger partial charge in [-0.05, 0) is 45.7 Å². The second kappa shape index (κ2) is 8.61. The summed E-state index contributed by atoms with van der Waals surface area (Å²) in [6, 6.07) is 13.2. The number of ether oxygens (including phenoxy) is 2. The van der Waals surface area contributed by atoms with Gasteiger partial charge in [-0.1, -0.05) is 24.3 Å². The summed E-state index contributed by atoms with van der Waals surface area (Å²) in [5.74, 6) is 1.01. The van der Waals surface area contributed by atoms with Crippen LogP contribution in [0, 0.1) is 25.2 Å². The number of rotatable bonds is 6.